The molecule has 7 heteroatoms. The number of likely N-dealkylation sites (tertiary alicyclic amines) is 1. The lowest BCUT2D eigenvalue weighted by Gasteiger charge is -2.39. The maximum atomic E-state index is 11.8. The zero-order chi connectivity index (χ0) is 15.4. The monoisotopic (exact) mass is 295 g/mol. The minimum absolute atomic E-state index is 0.0830. The Balaban J connectivity index is 2.07. The second-order valence-corrected chi connectivity index (χ2v) is 5.58. The molecule has 1 fully saturated rings. The normalized spacial score (nSPS) is 23.1. The number of hydrogen-bond acceptors (Lipinski definition) is 5. The summed E-state index contributed by atoms with van der Waals surface area (Å²) < 4.78 is 1.37. The molecule has 2 heterocycles. The highest BCUT2D eigenvalue weighted by molar-refractivity contribution is 5.24. The SMILES string of the molecule is CC1CCCN(CCn2cc([N+](=O)[O-])ccc2=O)C1CO. The van der Waals surface area contributed by atoms with Gasteiger partial charge in [0.05, 0.1) is 17.7 Å². The van der Waals surface area contributed by atoms with Gasteiger partial charge < -0.3 is 9.67 Å². The fourth-order valence-electron chi connectivity index (χ4n) is 2.95. The lowest BCUT2D eigenvalue weighted by atomic mass is 9.91. The molecule has 1 aliphatic heterocycles. The van der Waals surface area contributed by atoms with Crippen molar-refractivity contribution >= 4 is 5.69 Å². The summed E-state index contributed by atoms with van der Waals surface area (Å²) in [4.78, 5) is 24.2. The van der Waals surface area contributed by atoms with Crippen LogP contribution in [-0.4, -0.2) is 45.2 Å². The summed E-state index contributed by atoms with van der Waals surface area (Å²) >= 11 is 0. The molecule has 0 bridgehead atoms. The molecule has 1 aromatic heterocycles. The molecule has 7 nitrogen and oxygen atoms in total. The Morgan fingerprint density at radius 1 is 1.43 bits per heavy atom. The molecule has 21 heavy (non-hydrogen) atoms. The summed E-state index contributed by atoms with van der Waals surface area (Å²) in [6, 6.07) is 2.55. The van der Waals surface area contributed by atoms with E-state index < -0.39 is 4.92 Å². The van der Waals surface area contributed by atoms with Crippen LogP contribution >= 0.6 is 0 Å². The van der Waals surface area contributed by atoms with E-state index in [0.29, 0.717) is 19.0 Å². The summed E-state index contributed by atoms with van der Waals surface area (Å²) in [5, 5.41) is 20.3. The maximum absolute atomic E-state index is 11.8. The zero-order valence-corrected chi connectivity index (χ0v) is 12.1. The van der Waals surface area contributed by atoms with Crippen molar-refractivity contribution in [1.29, 1.82) is 0 Å². The predicted octanol–water partition coefficient (Wildman–Crippen LogP) is 0.849. The number of piperidine rings is 1. The van der Waals surface area contributed by atoms with Crippen LogP contribution in [0.2, 0.25) is 0 Å². The van der Waals surface area contributed by atoms with E-state index in [0.717, 1.165) is 19.4 Å². The van der Waals surface area contributed by atoms with E-state index in [1.165, 1.54) is 22.9 Å². The van der Waals surface area contributed by atoms with Gasteiger partial charge in [0.25, 0.3) is 11.2 Å². The Kier molecular flexibility index (Phi) is 5.08. The fraction of sp³-hybridized carbons (Fsp3) is 0.643. The summed E-state index contributed by atoms with van der Waals surface area (Å²) in [7, 11) is 0. The molecule has 2 rings (SSSR count). The van der Waals surface area contributed by atoms with Crippen molar-refractivity contribution in [3.63, 3.8) is 0 Å². The first-order valence-electron chi connectivity index (χ1n) is 7.22. The van der Waals surface area contributed by atoms with Crippen molar-refractivity contribution in [2.45, 2.75) is 32.4 Å². The largest absolute Gasteiger partial charge is 0.395 e. The quantitative estimate of drug-likeness (QED) is 0.642. The van der Waals surface area contributed by atoms with Crippen molar-refractivity contribution in [2.24, 2.45) is 5.92 Å². The molecule has 0 amide bonds. The number of aromatic nitrogens is 1. The first-order chi connectivity index (χ1) is 10.0. The minimum Gasteiger partial charge on any atom is -0.395 e. The Morgan fingerprint density at radius 2 is 2.19 bits per heavy atom. The summed E-state index contributed by atoms with van der Waals surface area (Å²) in [5.74, 6) is 0.422. The van der Waals surface area contributed by atoms with Crippen molar-refractivity contribution in [1.82, 2.24) is 9.47 Å². The van der Waals surface area contributed by atoms with Gasteiger partial charge in [-0.3, -0.25) is 19.8 Å². The Morgan fingerprint density at radius 3 is 2.86 bits per heavy atom. The van der Waals surface area contributed by atoms with Crippen LogP contribution in [0.25, 0.3) is 0 Å². The van der Waals surface area contributed by atoms with Crippen molar-refractivity contribution in [3.05, 3.63) is 38.8 Å². The van der Waals surface area contributed by atoms with Crippen LogP contribution in [-0.2, 0) is 6.54 Å². The second kappa shape index (κ2) is 6.82. The second-order valence-electron chi connectivity index (χ2n) is 5.58. The van der Waals surface area contributed by atoms with Crippen LogP contribution in [0.5, 0.6) is 0 Å². The summed E-state index contributed by atoms with van der Waals surface area (Å²) in [6.45, 7) is 4.11. The topological polar surface area (TPSA) is 88.6 Å². The average molecular weight is 295 g/mol. The van der Waals surface area contributed by atoms with Gasteiger partial charge in [-0.1, -0.05) is 6.92 Å². The number of aliphatic hydroxyl groups excluding tert-OH is 1. The van der Waals surface area contributed by atoms with E-state index in [9.17, 15) is 20.0 Å². The van der Waals surface area contributed by atoms with Crippen LogP contribution in [0.1, 0.15) is 19.8 Å². The van der Waals surface area contributed by atoms with Crippen LogP contribution in [0.3, 0.4) is 0 Å². The van der Waals surface area contributed by atoms with E-state index >= 15 is 0 Å². The third-order valence-electron chi connectivity index (χ3n) is 4.22. The number of pyridine rings is 1. The molecule has 1 aromatic rings. The molecule has 1 N–H and O–H groups in total. The Hall–Kier alpha value is -1.73. The van der Waals surface area contributed by atoms with Crippen molar-refractivity contribution < 1.29 is 10.0 Å². The smallest absolute Gasteiger partial charge is 0.285 e. The lowest BCUT2D eigenvalue weighted by molar-refractivity contribution is -0.385. The number of nitrogens with zero attached hydrogens (tertiary/aromatic N) is 3. The van der Waals surface area contributed by atoms with Crippen LogP contribution in [0, 0.1) is 16.0 Å². The van der Waals surface area contributed by atoms with Crippen LogP contribution in [0.15, 0.2) is 23.1 Å². The zero-order valence-electron chi connectivity index (χ0n) is 12.1. The highest BCUT2D eigenvalue weighted by atomic mass is 16.6. The first-order valence-corrected chi connectivity index (χ1v) is 7.22. The van der Waals surface area contributed by atoms with Gasteiger partial charge in [0.2, 0.25) is 0 Å². The van der Waals surface area contributed by atoms with E-state index in [1.54, 1.807) is 0 Å². The van der Waals surface area contributed by atoms with Crippen LogP contribution < -0.4 is 5.56 Å². The molecule has 0 saturated carbocycles. The number of rotatable bonds is 5. The summed E-state index contributed by atoms with van der Waals surface area (Å²) in [5.41, 5.74) is -0.327. The van der Waals surface area contributed by atoms with Gasteiger partial charge in [-0.15, -0.1) is 0 Å². The molecule has 0 spiro atoms. The van der Waals surface area contributed by atoms with E-state index in [1.807, 2.05) is 0 Å². The minimum atomic E-state index is -0.505. The number of nitro groups is 1. The molecule has 1 saturated heterocycles. The standard InChI is InChI=1S/C14H21N3O4/c1-11-3-2-6-15(13(11)10-18)7-8-16-9-12(17(20)21)4-5-14(16)19/h4-5,9,11,13,18H,2-3,6-8,10H2,1H3. The highest BCUT2D eigenvalue weighted by Crippen LogP contribution is 2.22. The third kappa shape index (κ3) is 3.68. The van der Waals surface area contributed by atoms with Crippen molar-refractivity contribution in [2.75, 3.05) is 19.7 Å². The maximum Gasteiger partial charge on any atom is 0.285 e. The van der Waals surface area contributed by atoms with Gasteiger partial charge in [-0.05, 0) is 25.3 Å². The van der Waals surface area contributed by atoms with Crippen molar-refractivity contribution in [3.8, 4) is 0 Å². The fourth-order valence-corrected chi connectivity index (χ4v) is 2.95. The molecule has 0 aromatic carbocycles. The molecule has 116 valence electrons. The van der Waals surface area contributed by atoms with Crippen LogP contribution in [0.4, 0.5) is 5.69 Å². The molecular formula is C14H21N3O4. The summed E-state index contributed by atoms with van der Waals surface area (Å²) in [6.07, 6.45) is 3.45. The molecule has 2 atom stereocenters. The third-order valence-corrected chi connectivity index (χ3v) is 4.22. The lowest BCUT2D eigenvalue weighted by Crippen LogP contribution is -2.48. The van der Waals surface area contributed by atoms with Gasteiger partial charge in [0, 0.05) is 31.3 Å². The van der Waals surface area contributed by atoms with Gasteiger partial charge >= 0.3 is 0 Å². The van der Waals surface area contributed by atoms with Gasteiger partial charge in [-0.25, -0.2) is 0 Å². The number of hydrogen-bond donors (Lipinski definition) is 1. The molecule has 0 radical (unpaired) electrons. The van der Waals surface area contributed by atoms with Gasteiger partial charge in [0.15, 0.2) is 0 Å². The Labute approximate surface area is 123 Å². The van der Waals surface area contributed by atoms with E-state index in [4.69, 9.17) is 0 Å². The number of aliphatic hydroxyl groups is 1. The van der Waals surface area contributed by atoms with Gasteiger partial charge in [-0.2, -0.15) is 0 Å². The first kappa shape index (κ1) is 15.7. The van der Waals surface area contributed by atoms with E-state index in [-0.39, 0.29) is 23.9 Å². The molecule has 1 aliphatic rings. The average Bonchev–Trinajstić information content (AvgIpc) is 2.46. The molecule has 2 unspecified atom stereocenters. The molecular weight excluding hydrogens is 274 g/mol. The Bertz CT molecular complexity index is 557. The highest BCUT2D eigenvalue weighted by Gasteiger charge is 2.27. The van der Waals surface area contributed by atoms with Gasteiger partial charge in [0.1, 0.15) is 0 Å². The molecule has 0 aliphatic carbocycles. The predicted molar refractivity (Wildman–Crippen MR) is 78.2 cm³/mol. The van der Waals surface area contributed by atoms with E-state index in [2.05, 4.69) is 11.8 Å².